The van der Waals surface area contributed by atoms with E-state index in [1.165, 1.54) is 18.2 Å². The highest BCUT2D eigenvalue weighted by Crippen LogP contribution is 2.24. The molecule has 0 aromatic heterocycles. The van der Waals surface area contributed by atoms with Crippen molar-refractivity contribution in [1.29, 1.82) is 0 Å². The second kappa shape index (κ2) is 6.99. The average molecular weight is 292 g/mol. The molecular formula is C12H15F3N2O3. The first kappa shape index (κ1) is 16.1. The number of hydrogen-bond donors (Lipinski definition) is 3. The maximum atomic E-state index is 12.0. The van der Waals surface area contributed by atoms with Gasteiger partial charge in [0.25, 0.3) is 0 Å². The van der Waals surface area contributed by atoms with Crippen molar-refractivity contribution in [3.8, 4) is 5.75 Å². The number of carbonyl (C=O) groups is 1. The minimum atomic E-state index is -4.40. The van der Waals surface area contributed by atoms with E-state index >= 15 is 0 Å². The van der Waals surface area contributed by atoms with Crippen LogP contribution in [0.5, 0.6) is 5.75 Å². The van der Waals surface area contributed by atoms with Gasteiger partial charge in [-0.3, -0.25) is 0 Å². The van der Waals surface area contributed by atoms with E-state index in [0.29, 0.717) is 11.3 Å². The van der Waals surface area contributed by atoms with Gasteiger partial charge in [-0.05, 0) is 30.7 Å². The molecule has 0 atom stereocenters. The molecule has 0 bridgehead atoms. The summed E-state index contributed by atoms with van der Waals surface area (Å²) in [6, 6.07) is 3.76. The lowest BCUT2D eigenvalue weighted by Gasteiger charge is -2.13. The number of nitrogens with one attached hydrogen (secondary N) is 2. The Morgan fingerprint density at radius 1 is 1.40 bits per heavy atom. The van der Waals surface area contributed by atoms with E-state index in [4.69, 9.17) is 5.11 Å². The maximum absolute atomic E-state index is 12.0. The van der Waals surface area contributed by atoms with Crippen molar-refractivity contribution in [2.45, 2.75) is 13.1 Å². The lowest BCUT2D eigenvalue weighted by molar-refractivity contribution is -0.153. The van der Waals surface area contributed by atoms with E-state index in [9.17, 15) is 18.0 Å². The fraction of sp³-hybridized carbons (Fsp3) is 0.417. The standard InChI is InChI=1S/C12H15F3N2O3/c1-8-6-9(17-11(19)16-4-5-18)2-3-10(8)20-7-12(13,14)15/h2-3,6,18H,4-5,7H2,1H3,(H2,16,17,19). The molecular weight excluding hydrogens is 277 g/mol. The van der Waals surface area contributed by atoms with E-state index in [1.807, 2.05) is 0 Å². The van der Waals surface area contributed by atoms with Crippen LogP contribution in [0.4, 0.5) is 23.7 Å². The third kappa shape index (κ3) is 5.79. The molecule has 0 radical (unpaired) electrons. The van der Waals surface area contributed by atoms with Crippen molar-refractivity contribution in [2.24, 2.45) is 0 Å². The molecule has 0 aliphatic rings. The molecule has 1 aromatic carbocycles. The first-order valence-corrected chi connectivity index (χ1v) is 5.78. The summed E-state index contributed by atoms with van der Waals surface area (Å²) in [5, 5.41) is 13.4. The van der Waals surface area contributed by atoms with Crippen LogP contribution in [-0.2, 0) is 0 Å². The van der Waals surface area contributed by atoms with Gasteiger partial charge in [0.15, 0.2) is 6.61 Å². The summed E-state index contributed by atoms with van der Waals surface area (Å²) in [6.07, 6.45) is -4.40. The van der Waals surface area contributed by atoms with E-state index in [1.54, 1.807) is 6.92 Å². The Hall–Kier alpha value is -1.96. The maximum Gasteiger partial charge on any atom is 0.422 e. The fourth-order valence-corrected chi connectivity index (χ4v) is 1.39. The summed E-state index contributed by atoms with van der Waals surface area (Å²) in [4.78, 5) is 11.3. The minimum Gasteiger partial charge on any atom is -0.484 e. The van der Waals surface area contributed by atoms with Gasteiger partial charge in [0.05, 0.1) is 6.61 Å². The molecule has 0 unspecified atom stereocenters. The summed E-state index contributed by atoms with van der Waals surface area (Å²) in [5.74, 6) is 0.101. The number of hydrogen-bond acceptors (Lipinski definition) is 3. The molecule has 0 saturated carbocycles. The predicted molar refractivity (Wildman–Crippen MR) is 66.8 cm³/mol. The fourth-order valence-electron chi connectivity index (χ4n) is 1.39. The third-order valence-electron chi connectivity index (χ3n) is 2.22. The van der Waals surface area contributed by atoms with E-state index in [2.05, 4.69) is 15.4 Å². The van der Waals surface area contributed by atoms with Gasteiger partial charge in [-0.15, -0.1) is 0 Å². The number of alkyl halides is 3. The van der Waals surface area contributed by atoms with Crippen LogP contribution in [0, 0.1) is 6.92 Å². The zero-order valence-electron chi connectivity index (χ0n) is 10.8. The van der Waals surface area contributed by atoms with Gasteiger partial charge in [0.1, 0.15) is 5.75 Å². The number of benzene rings is 1. The van der Waals surface area contributed by atoms with E-state index in [0.717, 1.165) is 0 Å². The Morgan fingerprint density at radius 2 is 2.10 bits per heavy atom. The van der Waals surface area contributed by atoms with E-state index in [-0.39, 0.29) is 18.9 Å². The lowest BCUT2D eigenvalue weighted by Crippen LogP contribution is -2.30. The topological polar surface area (TPSA) is 70.6 Å². The van der Waals surface area contributed by atoms with Crippen molar-refractivity contribution in [2.75, 3.05) is 25.1 Å². The Labute approximate surface area is 113 Å². The van der Waals surface area contributed by atoms with Gasteiger partial charge < -0.3 is 20.5 Å². The number of urea groups is 1. The van der Waals surface area contributed by atoms with E-state index < -0.39 is 18.8 Å². The number of carbonyl (C=O) groups excluding carboxylic acids is 1. The van der Waals surface area contributed by atoms with Crippen LogP contribution in [0.2, 0.25) is 0 Å². The van der Waals surface area contributed by atoms with Gasteiger partial charge in [-0.1, -0.05) is 0 Å². The lowest BCUT2D eigenvalue weighted by atomic mass is 10.2. The third-order valence-corrected chi connectivity index (χ3v) is 2.22. The summed E-state index contributed by atoms with van der Waals surface area (Å²) in [6.45, 7) is 0.133. The molecule has 8 heteroatoms. The number of aryl methyl sites for hydroxylation is 1. The van der Waals surface area contributed by atoms with Gasteiger partial charge in [0.2, 0.25) is 0 Å². The van der Waals surface area contributed by atoms with Crippen LogP contribution >= 0.6 is 0 Å². The quantitative estimate of drug-likeness (QED) is 0.778. The smallest absolute Gasteiger partial charge is 0.422 e. The zero-order valence-corrected chi connectivity index (χ0v) is 10.8. The van der Waals surface area contributed by atoms with Gasteiger partial charge in [0, 0.05) is 12.2 Å². The SMILES string of the molecule is Cc1cc(NC(=O)NCCO)ccc1OCC(F)(F)F. The first-order chi connectivity index (χ1) is 9.31. The van der Waals surface area contributed by atoms with Crippen LogP contribution in [-0.4, -0.2) is 37.1 Å². The number of ether oxygens (including phenoxy) is 1. The van der Waals surface area contributed by atoms with Gasteiger partial charge >= 0.3 is 12.2 Å². The number of aliphatic hydroxyl groups is 1. The highest BCUT2D eigenvalue weighted by molar-refractivity contribution is 5.89. The predicted octanol–water partition coefficient (Wildman–Crippen LogP) is 2.05. The highest BCUT2D eigenvalue weighted by Gasteiger charge is 2.28. The molecule has 5 nitrogen and oxygen atoms in total. The molecule has 2 amide bonds. The second-order valence-corrected chi connectivity index (χ2v) is 3.99. The Kier molecular flexibility index (Phi) is 5.63. The molecule has 0 fully saturated rings. The van der Waals surface area contributed by atoms with Crippen LogP contribution in [0.25, 0.3) is 0 Å². The number of aliphatic hydroxyl groups excluding tert-OH is 1. The first-order valence-electron chi connectivity index (χ1n) is 5.78. The molecule has 3 N–H and O–H groups in total. The summed E-state index contributed by atoms with van der Waals surface area (Å²) in [7, 11) is 0. The number of rotatable bonds is 5. The van der Waals surface area contributed by atoms with Crippen LogP contribution in [0.15, 0.2) is 18.2 Å². The molecule has 20 heavy (non-hydrogen) atoms. The summed E-state index contributed by atoms with van der Waals surface area (Å²) < 4.78 is 40.7. The van der Waals surface area contributed by atoms with Crippen LogP contribution in [0.3, 0.4) is 0 Å². The second-order valence-electron chi connectivity index (χ2n) is 3.99. The monoisotopic (exact) mass is 292 g/mol. The van der Waals surface area contributed by atoms with Crippen molar-refractivity contribution < 1.29 is 27.8 Å². The summed E-state index contributed by atoms with van der Waals surface area (Å²) in [5.41, 5.74) is 0.881. The molecule has 0 heterocycles. The van der Waals surface area contributed by atoms with Crippen molar-refractivity contribution in [1.82, 2.24) is 5.32 Å². The molecule has 0 aliphatic carbocycles. The zero-order chi connectivity index (χ0) is 15.2. The van der Waals surface area contributed by atoms with Gasteiger partial charge in [-0.2, -0.15) is 13.2 Å². The number of halogens is 3. The van der Waals surface area contributed by atoms with Crippen molar-refractivity contribution >= 4 is 11.7 Å². The minimum absolute atomic E-state index is 0.101. The molecule has 1 aromatic rings. The average Bonchev–Trinajstić information content (AvgIpc) is 2.34. The Morgan fingerprint density at radius 3 is 2.65 bits per heavy atom. The highest BCUT2D eigenvalue weighted by atomic mass is 19.4. The normalized spacial score (nSPS) is 11.1. The van der Waals surface area contributed by atoms with Crippen LogP contribution in [0.1, 0.15) is 5.56 Å². The Bertz CT molecular complexity index is 464. The number of amides is 2. The van der Waals surface area contributed by atoms with Crippen molar-refractivity contribution in [3.05, 3.63) is 23.8 Å². The number of anilines is 1. The molecule has 1 rings (SSSR count). The van der Waals surface area contributed by atoms with Gasteiger partial charge in [-0.25, -0.2) is 4.79 Å². The van der Waals surface area contributed by atoms with Crippen LogP contribution < -0.4 is 15.4 Å². The largest absolute Gasteiger partial charge is 0.484 e. The molecule has 0 spiro atoms. The molecule has 0 aliphatic heterocycles. The Balaban J connectivity index is 2.61. The summed E-state index contributed by atoms with van der Waals surface area (Å²) >= 11 is 0. The molecule has 0 saturated heterocycles. The van der Waals surface area contributed by atoms with Crippen molar-refractivity contribution in [3.63, 3.8) is 0 Å². The molecule has 112 valence electrons.